The second kappa shape index (κ2) is 6.38. The van der Waals surface area contributed by atoms with Crippen molar-refractivity contribution in [3.8, 4) is 11.3 Å². The second-order valence-corrected chi connectivity index (χ2v) is 4.31. The minimum absolute atomic E-state index is 0.364. The van der Waals surface area contributed by atoms with Crippen molar-refractivity contribution in [3.63, 3.8) is 0 Å². The molecule has 0 aliphatic rings. The number of rotatable bonds is 4. The van der Waals surface area contributed by atoms with Crippen LogP contribution in [0.5, 0.6) is 0 Å². The van der Waals surface area contributed by atoms with Gasteiger partial charge in [-0.25, -0.2) is 10.4 Å². The van der Waals surface area contributed by atoms with Gasteiger partial charge in [-0.15, -0.1) is 5.10 Å². The van der Waals surface area contributed by atoms with E-state index in [1.54, 1.807) is 12.4 Å². The Morgan fingerprint density at radius 2 is 1.62 bits per heavy atom. The number of hydrogen-bond donors (Lipinski definition) is 1. The lowest BCUT2D eigenvalue weighted by Crippen LogP contribution is -1.99. The van der Waals surface area contributed by atoms with Gasteiger partial charge < -0.3 is 0 Å². The molecule has 0 aliphatic heterocycles. The minimum atomic E-state index is 0.364. The third kappa shape index (κ3) is 3.48. The molecule has 0 spiro atoms. The van der Waals surface area contributed by atoms with E-state index in [2.05, 4.69) is 25.7 Å². The summed E-state index contributed by atoms with van der Waals surface area (Å²) in [5.41, 5.74) is 5.53. The molecule has 5 nitrogen and oxygen atoms in total. The SMILES string of the molecule is C(=N\Nc1nncc(-c2ccccc2)n1)/c1ccccc1. The molecule has 0 aliphatic carbocycles. The predicted octanol–water partition coefficient (Wildman–Crippen LogP) is 2.98. The first-order valence-electron chi connectivity index (χ1n) is 6.51. The summed E-state index contributed by atoms with van der Waals surface area (Å²) in [6.45, 7) is 0. The lowest BCUT2D eigenvalue weighted by atomic mass is 10.2. The van der Waals surface area contributed by atoms with E-state index in [9.17, 15) is 0 Å². The topological polar surface area (TPSA) is 63.1 Å². The third-order valence-electron chi connectivity index (χ3n) is 2.81. The monoisotopic (exact) mass is 275 g/mol. The van der Waals surface area contributed by atoms with Crippen molar-refractivity contribution in [1.82, 2.24) is 15.2 Å². The van der Waals surface area contributed by atoms with E-state index in [4.69, 9.17) is 0 Å². The number of nitrogens with one attached hydrogen (secondary N) is 1. The van der Waals surface area contributed by atoms with Crippen molar-refractivity contribution in [2.24, 2.45) is 5.10 Å². The Kier molecular flexibility index (Phi) is 3.93. The van der Waals surface area contributed by atoms with Crippen LogP contribution >= 0.6 is 0 Å². The molecule has 2 aromatic carbocycles. The first-order chi connectivity index (χ1) is 10.4. The highest BCUT2D eigenvalue weighted by Gasteiger charge is 2.01. The van der Waals surface area contributed by atoms with E-state index in [1.807, 2.05) is 60.7 Å². The van der Waals surface area contributed by atoms with Gasteiger partial charge >= 0.3 is 0 Å². The Morgan fingerprint density at radius 3 is 2.38 bits per heavy atom. The van der Waals surface area contributed by atoms with Crippen molar-refractivity contribution in [2.75, 3.05) is 5.43 Å². The lowest BCUT2D eigenvalue weighted by Gasteiger charge is -2.01. The fourth-order valence-electron chi connectivity index (χ4n) is 1.80. The molecule has 1 heterocycles. The van der Waals surface area contributed by atoms with Gasteiger partial charge in [-0.2, -0.15) is 10.2 Å². The van der Waals surface area contributed by atoms with E-state index in [-0.39, 0.29) is 0 Å². The molecule has 0 fully saturated rings. The summed E-state index contributed by atoms with van der Waals surface area (Å²) in [5.74, 6) is 0.364. The summed E-state index contributed by atoms with van der Waals surface area (Å²) in [6, 6.07) is 19.6. The standard InChI is InChI=1S/C16H13N5/c1-3-7-13(8-4-1)11-17-20-16-19-15(12-18-21-16)14-9-5-2-6-10-14/h1-12H,(H,19,20,21)/b17-11+. The quantitative estimate of drug-likeness (QED) is 0.587. The fraction of sp³-hybridized carbons (Fsp3) is 0. The van der Waals surface area contributed by atoms with Crippen LogP contribution in [0.25, 0.3) is 11.3 Å². The highest BCUT2D eigenvalue weighted by atomic mass is 15.4. The average molecular weight is 275 g/mol. The molecule has 3 aromatic rings. The number of anilines is 1. The van der Waals surface area contributed by atoms with Gasteiger partial charge in [-0.05, 0) is 5.56 Å². The Morgan fingerprint density at radius 1 is 0.905 bits per heavy atom. The first kappa shape index (κ1) is 12.9. The van der Waals surface area contributed by atoms with Gasteiger partial charge in [0.2, 0.25) is 0 Å². The number of aromatic nitrogens is 3. The fourth-order valence-corrected chi connectivity index (χ4v) is 1.80. The highest BCUT2D eigenvalue weighted by Crippen LogP contribution is 2.15. The molecule has 1 N–H and O–H groups in total. The Bertz CT molecular complexity index is 726. The van der Waals surface area contributed by atoms with Crippen LogP contribution in [0.3, 0.4) is 0 Å². The molecule has 5 heteroatoms. The van der Waals surface area contributed by atoms with Crippen molar-refractivity contribution in [3.05, 3.63) is 72.4 Å². The molecular weight excluding hydrogens is 262 g/mol. The van der Waals surface area contributed by atoms with Crippen molar-refractivity contribution < 1.29 is 0 Å². The molecule has 102 valence electrons. The Labute approximate surface area is 122 Å². The number of benzene rings is 2. The molecule has 1 aromatic heterocycles. The van der Waals surface area contributed by atoms with Crippen LogP contribution in [0.15, 0.2) is 72.0 Å². The Balaban J connectivity index is 1.74. The molecule has 0 amide bonds. The molecule has 0 saturated carbocycles. The van der Waals surface area contributed by atoms with Crippen LogP contribution < -0.4 is 5.43 Å². The summed E-state index contributed by atoms with van der Waals surface area (Å²) >= 11 is 0. The lowest BCUT2D eigenvalue weighted by molar-refractivity contribution is 0.967. The van der Waals surface area contributed by atoms with Crippen LogP contribution in [0.4, 0.5) is 5.95 Å². The van der Waals surface area contributed by atoms with E-state index in [0.29, 0.717) is 5.95 Å². The van der Waals surface area contributed by atoms with Gasteiger partial charge in [0.05, 0.1) is 18.1 Å². The van der Waals surface area contributed by atoms with Crippen LogP contribution in [0.1, 0.15) is 5.56 Å². The van der Waals surface area contributed by atoms with Gasteiger partial charge in [0.25, 0.3) is 5.95 Å². The first-order valence-corrected chi connectivity index (χ1v) is 6.51. The molecule has 0 saturated heterocycles. The van der Waals surface area contributed by atoms with Gasteiger partial charge in [-0.3, -0.25) is 0 Å². The van der Waals surface area contributed by atoms with E-state index < -0.39 is 0 Å². The van der Waals surface area contributed by atoms with Crippen LogP contribution in [0, 0.1) is 0 Å². The molecule has 0 atom stereocenters. The summed E-state index contributed by atoms with van der Waals surface area (Å²) < 4.78 is 0. The van der Waals surface area contributed by atoms with Crippen molar-refractivity contribution in [1.29, 1.82) is 0 Å². The highest BCUT2D eigenvalue weighted by molar-refractivity contribution is 5.79. The molecule has 0 bridgehead atoms. The Hall–Kier alpha value is -3.08. The zero-order valence-corrected chi connectivity index (χ0v) is 11.2. The molecular formula is C16H13N5. The third-order valence-corrected chi connectivity index (χ3v) is 2.81. The molecule has 21 heavy (non-hydrogen) atoms. The summed E-state index contributed by atoms with van der Waals surface area (Å²) in [7, 11) is 0. The smallest absolute Gasteiger partial charge is 0.244 e. The summed E-state index contributed by atoms with van der Waals surface area (Å²) in [4.78, 5) is 4.38. The number of nitrogens with zero attached hydrogens (tertiary/aromatic N) is 4. The van der Waals surface area contributed by atoms with Gasteiger partial charge in [0.1, 0.15) is 0 Å². The molecule has 0 radical (unpaired) electrons. The largest absolute Gasteiger partial charge is 0.263 e. The summed E-state index contributed by atoms with van der Waals surface area (Å²) in [6.07, 6.45) is 3.33. The maximum atomic E-state index is 4.38. The number of hydrazone groups is 1. The van der Waals surface area contributed by atoms with Crippen LogP contribution in [0.2, 0.25) is 0 Å². The minimum Gasteiger partial charge on any atom is -0.244 e. The van der Waals surface area contributed by atoms with Gasteiger partial charge in [-0.1, -0.05) is 60.7 Å². The predicted molar refractivity (Wildman–Crippen MR) is 82.9 cm³/mol. The second-order valence-electron chi connectivity index (χ2n) is 4.31. The average Bonchev–Trinajstić information content (AvgIpc) is 2.57. The van der Waals surface area contributed by atoms with Gasteiger partial charge in [0.15, 0.2) is 0 Å². The van der Waals surface area contributed by atoms with Gasteiger partial charge in [0, 0.05) is 5.56 Å². The zero-order valence-electron chi connectivity index (χ0n) is 11.2. The zero-order chi connectivity index (χ0) is 14.3. The van der Waals surface area contributed by atoms with Crippen molar-refractivity contribution in [2.45, 2.75) is 0 Å². The number of hydrogen-bond acceptors (Lipinski definition) is 5. The summed E-state index contributed by atoms with van der Waals surface area (Å²) in [5, 5.41) is 12.0. The normalized spacial score (nSPS) is 10.7. The maximum Gasteiger partial charge on any atom is 0.263 e. The van der Waals surface area contributed by atoms with E-state index in [0.717, 1.165) is 16.8 Å². The van der Waals surface area contributed by atoms with E-state index >= 15 is 0 Å². The molecule has 3 rings (SSSR count). The molecule has 0 unspecified atom stereocenters. The maximum absolute atomic E-state index is 4.38. The van der Waals surface area contributed by atoms with Crippen LogP contribution in [-0.4, -0.2) is 21.4 Å². The van der Waals surface area contributed by atoms with Crippen molar-refractivity contribution >= 4 is 12.2 Å². The van der Waals surface area contributed by atoms with Crippen LogP contribution in [-0.2, 0) is 0 Å². The van der Waals surface area contributed by atoms with E-state index in [1.165, 1.54) is 0 Å².